The third-order valence-corrected chi connectivity index (χ3v) is 4.59. The average Bonchev–Trinajstić information content (AvgIpc) is 3.20. The van der Waals surface area contributed by atoms with Gasteiger partial charge in [-0.05, 0) is 25.5 Å². The predicted molar refractivity (Wildman–Crippen MR) is 88.6 cm³/mol. The molecule has 1 aliphatic rings. The Morgan fingerprint density at radius 1 is 1.38 bits per heavy atom. The second kappa shape index (κ2) is 6.36. The van der Waals surface area contributed by atoms with Crippen LogP contribution in [0.2, 0.25) is 0 Å². The van der Waals surface area contributed by atoms with E-state index in [4.69, 9.17) is 0 Å². The molecule has 2 heterocycles. The largest absolute Gasteiger partial charge is 0.393 e. The summed E-state index contributed by atoms with van der Waals surface area (Å²) in [4.78, 5) is 14.1. The third kappa shape index (κ3) is 2.94. The molecule has 0 saturated carbocycles. The Balaban J connectivity index is 1.84. The maximum Gasteiger partial charge on any atom is 0.274 e. The van der Waals surface area contributed by atoms with Gasteiger partial charge in [0.25, 0.3) is 5.91 Å². The number of benzene rings is 1. The molecular formula is C18H22FN3O2. The van der Waals surface area contributed by atoms with Crippen molar-refractivity contribution in [2.45, 2.75) is 31.5 Å². The number of alkyl halides is 1. The fourth-order valence-corrected chi connectivity index (χ4v) is 3.18. The lowest BCUT2D eigenvalue weighted by molar-refractivity contribution is 0.0572. The number of amides is 1. The first-order valence-electron chi connectivity index (χ1n) is 8.14. The van der Waals surface area contributed by atoms with E-state index in [1.807, 2.05) is 44.2 Å². The second-order valence-corrected chi connectivity index (χ2v) is 6.62. The van der Waals surface area contributed by atoms with Gasteiger partial charge in [-0.25, -0.2) is 4.39 Å². The Kier molecular flexibility index (Phi) is 4.41. The van der Waals surface area contributed by atoms with Gasteiger partial charge in [0.05, 0.1) is 13.2 Å². The molecule has 3 rings (SSSR count). The molecule has 0 bridgehead atoms. The van der Waals surface area contributed by atoms with Crippen LogP contribution < -0.4 is 0 Å². The van der Waals surface area contributed by atoms with Gasteiger partial charge in [-0.15, -0.1) is 0 Å². The van der Waals surface area contributed by atoms with E-state index in [0.29, 0.717) is 5.69 Å². The summed E-state index contributed by atoms with van der Waals surface area (Å²) in [5, 5.41) is 13.8. The fraction of sp³-hybridized carbons (Fsp3) is 0.444. The van der Waals surface area contributed by atoms with Crippen molar-refractivity contribution < 1.29 is 14.3 Å². The minimum atomic E-state index is -1.84. The van der Waals surface area contributed by atoms with E-state index in [-0.39, 0.29) is 25.0 Å². The highest BCUT2D eigenvalue weighted by Crippen LogP contribution is 2.39. The predicted octanol–water partition coefficient (Wildman–Crippen LogP) is 2.40. The van der Waals surface area contributed by atoms with Crippen LogP contribution in [0.4, 0.5) is 4.39 Å². The first-order chi connectivity index (χ1) is 11.4. The number of aliphatic hydroxyl groups is 1. The van der Waals surface area contributed by atoms with Gasteiger partial charge >= 0.3 is 0 Å². The molecule has 24 heavy (non-hydrogen) atoms. The molecule has 0 radical (unpaired) electrons. The summed E-state index contributed by atoms with van der Waals surface area (Å²) < 4.78 is 16.9. The lowest BCUT2D eigenvalue weighted by Gasteiger charge is -2.23. The number of carbonyl (C=O) groups is 1. The Morgan fingerprint density at radius 2 is 2.08 bits per heavy atom. The van der Waals surface area contributed by atoms with Gasteiger partial charge in [0.15, 0.2) is 5.67 Å². The summed E-state index contributed by atoms with van der Waals surface area (Å²) in [6.07, 6.45) is 1.75. The van der Waals surface area contributed by atoms with Crippen LogP contribution in [0.15, 0.2) is 42.6 Å². The van der Waals surface area contributed by atoms with Crippen LogP contribution in [0.3, 0.4) is 0 Å². The highest BCUT2D eigenvalue weighted by atomic mass is 19.1. The number of hydrogen-bond donors (Lipinski definition) is 1. The number of hydrogen-bond acceptors (Lipinski definition) is 3. The first kappa shape index (κ1) is 16.6. The van der Waals surface area contributed by atoms with Crippen molar-refractivity contribution in [1.82, 2.24) is 14.7 Å². The summed E-state index contributed by atoms with van der Waals surface area (Å²) >= 11 is 0. The van der Waals surface area contributed by atoms with E-state index in [1.54, 1.807) is 16.9 Å². The SMILES string of the molecule is CC(C)n1ccc(C(=O)N2C[C@@H](c3ccccc3)[C@@](F)(CO)C2)n1. The molecule has 1 N–H and O–H groups in total. The lowest BCUT2D eigenvalue weighted by Crippen LogP contribution is -2.37. The van der Waals surface area contributed by atoms with Gasteiger partial charge in [-0.1, -0.05) is 30.3 Å². The summed E-state index contributed by atoms with van der Waals surface area (Å²) in [5.41, 5.74) is -0.743. The number of nitrogens with zero attached hydrogens (tertiary/aromatic N) is 3. The molecule has 2 atom stereocenters. The van der Waals surface area contributed by atoms with Crippen molar-refractivity contribution in [3.05, 3.63) is 53.9 Å². The summed E-state index contributed by atoms with van der Waals surface area (Å²) in [5.74, 6) is -0.844. The standard InChI is InChI=1S/C18H22FN3O2/c1-13(2)22-9-8-16(20-22)17(24)21-10-15(18(19,11-21)12-23)14-6-4-3-5-7-14/h3-9,13,15,23H,10-12H2,1-2H3/t15-,18-/m0/s1. The van der Waals surface area contributed by atoms with Crippen LogP contribution in [0, 0.1) is 0 Å². The van der Waals surface area contributed by atoms with Crippen LogP contribution in [0.25, 0.3) is 0 Å². The highest BCUT2D eigenvalue weighted by molar-refractivity contribution is 5.92. The molecule has 1 amide bonds. The third-order valence-electron chi connectivity index (χ3n) is 4.59. The highest BCUT2D eigenvalue weighted by Gasteiger charge is 2.49. The Labute approximate surface area is 140 Å². The van der Waals surface area contributed by atoms with E-state index >= 15 is 4.39 Å². The monoisotopic (exact) mass is 331 g/mol. The molecule has 128 valence electrons. The quantitative estimate of drug-likeness (QED) is 0.936. The van der Waals surface area contributed by atoms with Crippen LogP contribution in [-0.2, 0) is 0 Å². The van der Waals surface area contributed by atoms with Crippen molar-refractivity contribution in [2.75, 3.05) is 19.7 Å². The average molecular weight is 331 g/mol. The fourth-order valence-electron chi connectivity index (χ4n) is 3.18. The van der Waals surface area contributed by atoms with Crippen molar-refractivity contribution >= 4 is 5.91 Å². The zero-order valence-electron chi connectivity index (χ0n) is 13.9. The Hall–Kier alpha value is -2.21. The van der Waals surface area contributed by atoms with E-state index < -0.39 is 18.2 Å². The maximum absolute atomic E-state index is 15.2. The first-order valence-corrected chi connectivity index (χ1v) is 8.14. The number of aliphatic hydroxyl groups excluding tert-OH is 1. The van der Waals surface area contributed by atoms with Crippen LogP contribution in [0.1, 0.15) is 41.9 Å². The number of rotatable bonds is 4. The molecule has 0 aliphatic carbocycles. The molecule has 1 aromatic carbocycles. The van der Waals surface area contributed by atoms with Gasteiger partial charge in [-0.2, -0.15) is 5.10 Å². The smallest absolute Gasteiger partial charge is 0.274 e. The summed E-state index contributed by atoms with van der Waals surface area (Å²) in [7, 11) is 0. The van der Waals surface area contributed by atoms with Crippen LogP contribution in [-0.4, -0.2) is 51.1 Å². The summed E-state index contributed by atoms with van der Waals surface area (Å²) in [6, 6.07) is 11.0. The number of halogens is 1. The van der Waals surface area contributed by atoms with Crippen molar-refractivity contribution in [3.8, 4) is 0 Å². The Morgan fingerprint density at radius 3 is 2.67 bits per heavy atom. The van der Waals surface area contributed by atoms with Gasteiger partial charge in [-0.3, -0.25) is 9.48 Å². The number of likely N-dealkylation sites (tertiary alicyclic amines) is 1. The van der Waals surface area contributed by atoms with E-state index in [0.717, 1.165) is 5.56 Å². The van der Waals surface area contributed by atoms with Gasteiger partial charge < -0.3 is 10.0 Å². The van der Waals surface area contributed by atoms with Crippen molar-refractivity contribution in [1.29, 1.82) is 0 Å². The van der Waals surface area contributed by atoms with Crippen molar-refractivity contribution in [2.24, 2.45) is 0 Å². The molecule has 0 unspecified atom stereocenters. The molecule has 1 aromatic heterocycles. The summed E-state index contributed by atoms with van der Waals surface area (Å²) in [6.45, 7) is 3.43. The zero-order chi connectivity index (χ0) is 17.3. The van der Waals surface area contributed by atoms with Gasteiger partial charge in [0.2, 0.25) is 0 Å². The number of aromatic nitrogens is 2. The van der Waals surface area contributed by atoms with E-state index in [1.165, 1.54) is 4.90 Å². The van der Waals surface area contributed by atoms with E-state index in [2.05, 4.69) is 5.10 Å². The molecule has 2 aromatic rings. The number of carbonyl (C=O) groups excluding carboxylic acids is 1. The maximum atomic E-state index is 15.2. The molecule has 6 heteroatoms. The van der Waals surface area contributed by atoms with Gasteiger partial charge in [0.1, 0.15) is 5.69 Å². The van der Waals surface area contributed by atoms with Crippen LogP contribution in [0.5, 0.6) is 0 Å². The minimum Gasteiger partial charge on any atom is -0.393 e. The topological polar surface area (TPSA) is 58.4 Å². The zero-order valence-corrected chi connectivity index (χ0v) is 13.9. The molecule has 1 saturated heterocycles. The van der Waals surface area contributed by atoms with E-state index in [9.17, 15) is 9.90 Å². The normalized spacial score (nSPS) is 23.9. The Bertz CT molecular complexity index is 716. The molecule has 5 nitrogen and oxygen atoms in total. The van der Waals surface area contributed by atoms with Crippen LogP contribution >= 0.6 is 0 Å². The molecule has 0 spiro atoms. The van der Waals surface area contributed by atoms with Gasteiger partial charge in [0, 0.05) is 24.7 Å². The lowest BCUT2D eigenvalue weighted by atomic mass is 9.87. The molecule has 1 fully saturated rings. The molecular weight excluding hydrogens is 309 g/mol. The van der Waals surface area contributed by atoms with Crippen molar-refractivity contribution in [3.63, 3.8) is 0 Å². The molecule has 1 aliphatic heterocycles. The minimum absolute atomic E-state index is 0.129. The second-order valence-electron chi connectivity index (χ2n) is 6.62.